The molecule has 5 saturated carbocycles. The maximum Gasteiger partial charge on any atom is 0.407 e. The SMILES string of the molecule is CCOC(=O)NCCOC1O[C@@H]2O[C@@]3(C)CCC4[C@H](C)CCC([C@H]1C)[C@]42OO3.CNC(=O)COC1O[C@@H]2O[C@@]3(C)CCC4[C@H](C)CCC([C@H]1C)[C@]42OO3.C[C@H]1C(OCCC(=O)N(C)C)O[C@@H]2O[C@@]3(C)CCC4[C@H](C)CCC1[C@]42OO3.C[C@H]1C(OCCCN(C)C)O[C@@H]2O[C@@]3(C)CCC4[C@H](C)CCC1[C@]42OO3.C[C@H]1C(OCCNC(C)(C)C)O[C@@H]2O[C@@]3(C)CCC4[C@H](C)CCC1[C@]42OO3. The Kier molecular flexibility index (Phi) is 31.6. The van der Waals surface area contributed by atoms with Crippen molar-refractivity contribution in [1.29, 1.82) is 0 Å². The van der Waals surface area contributed by atoms with E-state index in [1.807, 2.05) is 34.6 Å². The lowest BCUT2D eigenvalue weighted by molar-refractivity contribution is -0.577. The van der Waals surface area contributed by atoms with Crippen molar-refractivity contribution < 1.29 is 139 Å². The van der Waals surface area contributed by atoms with Crippen LogP contribution in [0.2, 0.25) is 0 Å². The summed E-state index contributed by atoms with van der Waals surface area (Å²) in [6, 6.07) is 0. The molecule has 20 saturated heterocycles. The van der Waals surface area contributed by atoms with Gasteiger partial charge >= 0.3 is 6.09 Å². The highest BCUT2D eigenvalue weighted by molar-refractivity contribution is 5.76. The Bertz CT molecular complexity index is 3900. The molecule has 0 aromatic heterocycles. The van der Waals surface area contributed by atoms with Crippen molar-refractivity contribution in [2.45, 2.75) is 398 Å². The van der Waals surface area contributed by atoms with Crippen LogP contribution >= 0.6 is 0 Å². The average molecular weight is 1890 g/mol. The Morgan fingerprint density at radius 2 is 0.654 bits per heavy atom. The van der Waals surface area contributed by atoms with Crippen molar-refractivity contribution in [1.82, 2.24) is 25.8 Å². The zero-order valence-corrected chi connectivity index (χ0v) is 84.5. The van der Waals surface area contributed by atoms with Crippen molar-refractivity contribution >= 4 is 17.9 Å². The second-order valence-corrected chi connectivity index (χ2v) is 45.9. The first kappa shape index (κ1) is 103. The molecule has 762 valence electrons. The third kappa shape index (κ3) is 19.9. The molecule has 0 aromatic rings. The van der Waals surface area contributed by atoms with Gasteiger partial charge in [0.2, 0.25) is 40.7 Å². The van der Waals surface area contributed by atoms with E-state index in [-0.39, 0.29) is 83.9 Å². The number of hydrogen-bond acceptors (Lipinski definition) is 31. The van der Waals surface area contributed by atoms with Crippen molar-refractivity contribution in [2.75, 3.05) is 94.5 Å². The Morgan fingerprint density at radius 1 is 0.368 bits per heavy atom. The van der Waals surface area contributed by atoms with Gasteiger partial charge in [-0.1, -0.05) is 69.2 Å². The van der Waals surface area contributed by atoms with Crippen LogP contribution in [0.5, 0.6) is 0 Å². The molecule has 25 aliphatic rings. The third-order valence-electron chi connectivity index (χ3n) is 35.2. The standard InChI is InChI=1S/C21H37NO5.C20H33NO7.C20H33NO6.C20H35NO5.C18H29NO6/c1-13-7-8-16-14(2)17(23-12-11-22-19(3,4)5)24-18-21(16)15(13)9-10-20(6,25-18)26-27-21;1-5-23-18(22)21-10-11-24-16-13(3)15-7-6-12(2)14-8-9-19(4)26-17(25-16)20(14,15)28-27-19;1-12-6-7-15-13(2)17(23-11-9-16(22)21(4)5)24-18-20(15)14(12)8-10-19(3,25-18)26-27-20;1-13-7-8-16-14(2)17(22-12-6-11-21(4)5)23-18-20(16)15(13)9-10-19(3,24-18)25-26-20;1-10-5-6-13-11(2)15(21-9-14(20)19-4)22-16-18(13)12(10)7-8-17(3,23-16)24-25-18/h13-18,22H,7-12H2,1-6H3;12-17H,5-11H2,1-4H3,(H,21,22);12-15,17-18H,6-11H2,1-5H3;13-18H,6-12H2,1-5H3;10-13,15-16H,5-9H2,1-4H3,(H,19,20)/t13-,14-,15?,16?,17?,18-,20-,21-;12-,13-,14?,15?,16?,17-,19-,20-;12-,13-,14?,15?,17?,18-,19-,20-;13-,14-,15?,16?,17?,18-,19-,20-;10-,11-,12?,13?,15?,16-,17-,18-/m11111/s1. The first-order valence-electron chi connectivity index (χ1n) is 51.4. The van der Waals surface area contributed by atoms with Crippen LogP contribution in [0.15, 0.2) is 0 Å². The number of hydrogen-bond donors (Lipinski definition) is 3. The quantitative estimate of drug-likeness (QED) is 0.0710. The van der Waals surface area contributed by atoms with E-state index in [1.165, 1.54) is 19.3 Å². The second kappa shape index (κ2) is 40.7. The first-order valence-corrected chi connectivity index (χ1v) is 51.4. The number of amides is 3. The number of alkyl carbamates (subject to hydrolysis) is 1. The fraction of sp³-hybridized carbons (Fsp3) is 0.970. The summed E-state index contributed by atoms with van der Waals surface area (Å²) in [6.45, 7) is 44.9. The lowest BCUT2D eigenvalue weighted by Gasteiger charge is -2.60. The summed E-state index contributed by atoms with van der Waals surface area (Å²) in [6.07, 6.45) is 17.2. The predicted octanol–water partition coefficient (Wildman–Crippen LogP) is 14.4. The summed E-state index contributed by atoms with van der Waals surface area (Å²) in [7, 11) is 9.27. The van der Waals surface area contributed by atoms with Crippen LogP contribution in [-0.2, 0) is 134 Å². The van der Waals surface area contributed by atoms with Gasteiger partial charge < -0.3 is 102 Å². The molecule has 5 aliphatic carbocycles. The van der Waals surface area contributed by atoms with Crippen LogP contribution in [0.4, 0.5) is 4.79 Å². The van der Waals surface area contributed by atoms with Gasteiger partial charge in [0, 0.05) is 131 Å². The van der Waals surface area contributed by atoms with E-state index in [9.17, 15) is 14.4 Å². The molecule has 40 atom stereocenters. The molecule has 3 amide bonds. The molecule has 25 fully saturated rings. The summed E-state index contributed by atoms with van der Waals surface area (Å²) >= 11 is 0. The summed E-state index contributed by atoms with van der Waals surface area (Å²) in [4.78, 5) is 98.2. The summed E-state index contributed by atoms with van der Waals surface area (Å²) in [5, 5.41) is 8.71. The predicted molar refractivity (Wildman–Crippen MR) is 477 cm³/mol. The van der Waals surface area contributed by atoms with Crippen molar-refractivity contribution in [2.24, 2.45) is 118 Å². The minimum absolute atomic E-state index is 0.0214. The maximum atomic E-state index is 11.8. The van der Waals surface area contributed by atoms with Crippen LogP contribution in [0.3, 0.4) is 0 Å². The van der Waals surface area contributed by atoms with E-state index in [1.54, 1.807) is 33.0 Å². The summed E-state index contributed by atoms with van der Waals surface area (Å²) in [5.74, 6) is 2.93. The number of carbonyl (C=O) groups is 3. The highest BCUT2D eigenvalue weighted by Crippen LogP contribution is 2.67. The van der Waals surface area contributed by atoms with E-state index >= 15 is 0 Å². The van der Waals surface area contributed by atoms with Crippen molar-refractivity contribution in [3.05, 3.63) is 0 Å². The fourth-order valence-corrected chi connectivity index (χ4v) is 27.7. The maximum absolute atomic E-state index is 11.8. The van der Waals surface area contributed by atoms with Gasteiger partial charge in [-0.2, -0.15) is 0 Å². The van der Waals surface area contributed by atoms with E-state index in [4.69, 9.17) is 125 Å². The lowest BCUT2D eigenvalue weighted by atomic mass is 9.58. The number of likely N-dealkylation sites (N-methyl/N-ethyl adjacent to an activating group) is 1. The van der Waals surface area contributed by atoms with Crippen molar-refractivity contribution in [3.63, 3.8) is 0 Å². The van der Waals surface area contributed by atoms with Crippen LogP contribution in [0.1, 0.15) is 273 Å². The van der Waals surface area contributed by atoms with Gasteiger partial charge in [0.1, 0.15) is 6.61 Å². The Labute approximate surface area is 790 Å². The number of nitrogens with zero attached hydrogens (tertiary/aromatic N) is 2. The van der Waals surface area contributed by atoms with Gasteiger partial charge in [-0.3, -0.25) is 9.59 Å². The van der Waals surface area contributed by atoms with Crippen LogP contribution < -0.4 is 16.0 Å². The Hall–Kier alpha value is -2.87. The van der Waals surface area contributed by atoms with E-state index in [0.717, 1.165) is 129 Å². The molecule has 133 heavy (non-hydrogen) atoms. The smallest absolute Gasteiger partial charge is 0.407 e. The highest BCUT2D eigenvalue weighted by Gasteiger charge is 2.76. The average Bonchev–Trinajstić information content (AvgIpc) is 1.54. The normalized spacial score (nSPS) is 49.4. The Balaban J connectivity index is 0.000000121. The topological polar surface area (TPSA) is 334 Å². The van der Waals surface area contributed by atoms with Gasteiger partial charge in [-0.25, -0.2) is 53.7 Å². The monoisotopic (exact) mass is 1890 g/mol. The van der Waals surface area contributed by atoms with Gasteiger partial charge in [0.05, 0.1) is 39.5 Å². The van der Waals surface area contributed by atoms with E-state index in [2.05, 4.69) is 125 Å². The third-order valence-corrected chi connectivity index (χ3v) is 35.2. The number of ether oxygens (including phenoxy) is 16. The zero-order chi connectivity index (χ0) is 95.1. The molecule has 20 aliphatic heterocycles. The molecular formula is C99H167N5O29. The molecule has 10 bridgehead atoms. The Morgan fingerprint density at radius 3 is 0.932 bits per heavy atom. The zero-order valence-electron chi connectivity index (χ0n) is 84.5. The molecule has 25 rings (SSSR count). The number of rotatable bonds is 21. The molecule has 3 N–H and O–H groups in total. The van der Waals surface area contributed by atoms with Crippen molar-refractivity contribution in [3.8, 4) is 0 Å². The highest BCUT2D eigenvalue weighted by atomic mass is 17.3. The van der Waals surface area contributed by atoms with Gasteiger partial charge in [-0.15, -0.1) is 0 Å². The largest absolute Gasteiger partial charge is 0.450 e. The van der Waals surface area contributed by atoms with Gasteiger partial charge in [0.25, 0.3) is 0 Å². The molecular weight excluding hydrogens is 1720 g/mol. The lowest BCUT2D eigenvalue weighted by Crippen LogP contribution is -2.70. The molecule has 15 unspecified atom stereocenters. The van der Waals surface area contributed by atoms with Crippen LogP contribution in [0, 0.1) is 118 Å². The van der Waals surface area contributed by atoms with Gasteiger partial charge in [0.15, 0.2) is 90.9 Å². The molecule has 0 aromatic carbocycles. The second-order valence-electron chi connectivity index (χ2n) is 45.9. The molecule has 34 nitrogen and oxygen atoms in total. The van der Waals surface area contributed by atoms with Crippen LogP contribution in [0.25, 0.3) is 0 Å². The molecule has 20 heterocycles. The molecule has 34 heteroatoms. The van der Waals surface area contributed by atoms with Gasteiger partial charge in [-0.05, 0) is 245 Å². The molecule has 5 spiro atoms. The minimum atomic E-state index is -0.788. The fourth-order valence-electron chi connectivity index (χ4n) is 27.7. The first-order chi connectivity index (χ1) is 63.1. The van der Waals surface area contributed by atoms with Crippen LogP contribution in [-0.4, -0.2) is 248 Å². The number of nitrogens with one attached hydrogen (secondary N) is 3. The molecule has 0 radical (unpaired) electrons. The summed E-state index contributed by atoms with van der Waals surface area (Å²) < 4.78 is 98.2. The summed E-state index contributed by atoms with van der Waals surface area (Å²) in [5.41, 5.74) is -2.63. The number of fused-ring (bicyclic) bond motifs is 10. The van der Waals surface area contributed by atoms with E-state index in [0.29, 0.717) is 117 Å². The van der Waals surface area contributed by atoms with E-state index < -0.39 is 113 Å². The minimum Gasteiger partial charge on any atom is -0.450 e. The number of carbonyl (C=O) groups excluding carboxylic acids is 3.